The summed E-state index contributed by atoms with van der Waals surface area (Å²) in [6.07, 6.45) is 3.78. The number of nitrogens with zero attached hydrogens (tertiary/aromatic N) is 2. The van der Waals surface area contributed by atoms with Crippen LogP contribution in [-0.2, 0) is 4.79 Å². The van der Waals surface area contributed by atoms with Crippen molar-refractivity contribution < 1.29 is 9.21 Å². The highest BCUT2D eigenvalue weighted by atomic mass is 16.3. The summed E-state index contributed by atoms with van der Waals surface area (Å²) < 4.78 is 5.66. The van der Waals surface area contributed by atoms with Crippen LogP contribution in [0, 0.1) is 5.92 Å². The number of nitrogens with one attached hydrogen (secondary N) is 1. The normalized spacial score (nSPS) is 19.6. The second kappa shape index (κ2) is 7.31. The molecule has 1 aromatic carbocycles. The zero-order valence-corrected chi connectivity index (χ0v) is 14.4. The number of anilines is 1. The Morgan fingerprint density at radius 1 is 1.08 bits per heavy atom. The molecule has 132 valence electrons. The average Bonchev–Trinajstić information content (AvgIpc) is 3.39. The number of para-hydroxylation sites is 1. The van der Waals surface area contributed by atoms with E-state index in [1.54, 1.807) is 6.26 Å². The summed E-state index contributed by atoms with van der Waals surface area (Å²) in [5.74, 6) is 1.37. The lowest BCUT2D eigenvalue weighted by atomic mass is 10.1. The van der Waals surface area contributed by atoms with Gasteiger partial charge >= 0.3 is 0 Å². The quantitative estimate of drug-likeness (QED) is 0.879. The zero-order chi connectivity index (χ0) is 17.1. The minimum atomic E-state index is 0.107. The van der Waals surface area contributed by atoms with Crippen molar-refractivity contribution in [2.24, 2.45) is 5.92 Å². The van der Waals surface area contributed by atoms with Crippen molar-refractivity contribution in [3.8, 4) is 0 Å². The van der Waals surface area contributed by atoms with Crippen molar-refractivity contribution in [1.29, 1.82) is 0 Å². The maximum Gasteiger partial charge on any atom is 0.223 e. The van der Waals surface area contributed by atoms with Crippen molar-refractivity contribution in [3.63, 3.8) is 0 Å². The summed E-state index contributed by atoms with van der Waals surface area (Å²) in [4.78, 5) is 16.9. The van der Waals surface area contributed by atoms with E-state index in [0.29, 0.717) is 6.54 Å². The molecule has 5 nitrogen and oxygen atoms in total. The smallest absolute Gasteiger partial charge is 0.223 e. The summed E-state index contributed by atoms with van der Waals surface area (Å²) in [6.45, 7) is 4.50. The van der Waals surface area contributed by atoms with Gasteiger partial charge in [0.1, 0.15) is 5.76 Å². The standard InChI is InChI=1S/C20H25N3O2/c24-20(16-8-9-16)21-15-18(19-7-4-14-25-19)23-12-10-22(11-13-23)17-5-2-1-3-6-17/h1-7,14,16,18H,8-13,15H2,(H,21,24). The third-order valence-electron chi connectivity index (χ3n) is 5.17. The number of hydrogen-bond acceptors (Lipinski definition) is 4. The molecule has 5 heteroatoms. The van der Waals surface area contributed by atoms with Crippen LogP contribution >= 0.6 is 0 Å². The maximum atomic E-state index is 12.0. The molecule has 1 saturated heterocycles. The van der Waals surface area contributed by atoms with E-state index in [4.69, 9.17) is 4.42 Å². The van der Waals surface area contributed by atoms with Gasteiger partial charge in [-0.1, -0.05) is 18.2 Å². The molecule has 1 aliphatic carbocycles. The maximum absolute atomic E-state index is 12.0. The summed E-state index contributed by atoms with van der Waals surface area (Å²) >= 11 is 0. The van der Waals surface area contributed by atoms with Gasteiger partial charge in [-0.05, 0) is 37.1 Å². The average molecular weight is 339 g/mol. The molecule has 2 fully saturated rings. The molecule has 1 atom stereocenters. The van der Waals surface area contributed by atoms with Gasteiger partial charge in [-0.15, -0.1) is 0 Å². The highest BCUT2D eigenvalue weighted by Gasteiger charge is 2.32. The number of rotatable bonds is 6. The Labute approximate surface area is 148 Å². The van der Waals surface area contributed by atoms with Crippen molar-refractivity contribution in [2.75, 3.05) is 37.6 Å². The Hall–Kier alpha value is -2.27. The summed E-state index contributed by atoms with van der Waals surface area (Å²) in [7, 11) is 0. The van der Waals surface area contributed by atoms with E-state index in [1.807, 2.05) is 12.1 Å². The van der Waals surface area contributed by atoms with Crippen LogP contribution < -0.4 is 10.2 Å². The number of amides is 1. The third kappa shape index (κ3) is 3.87. The number of furan rings is 1. The Kier molecular flexibility index (Phi) is 4.74. The Morgan fingerprint density at radius 3 is 2.48 bits per heavy atom. The first-order chi connectivity index (χ1) is 12.3. The summed E-state index contributed by atoms with van der Waals surface area (Å²) in [5, 5.41) is 3.12. The van der Waals surface area contributed by atoms with Gasteiger partial charge in [0.05, 0.1) is 12.3 Å². The van der Waals surface area contributed by atoms with E-state index in [2.05, 4.69) is 45.4 Å². The van der Waals surface area contributed by atoms with Gasteiger partial charge in [0, 0.05) is 44.3 Å². The molecule has 1 saturated carbocycles. The van der Waals surface area contributed by atoms with Crippen molar-refractivity contribution in [1.82, 2.24) is 10.2 Å². The van der Waals surface area contributed by atoms with Gasteiger partial charge in [-0.3, -0.25) is 9.69 Å². The van der Waals surface area contributed by atoms with Crippen LogP contribution in [0.1, 0.15) is 24.6 Å². The van der Waals surface area contributed by atoms with E-state index in [9.17, 15) is 4.79 Å². The first-order valence-electron chi connectivity index (χ1n) is 9.16. The first kappa shape index (κ1) is 16.2. The van der Waals surface area contributed by atoms with Crippen LogP contribution in [0.3, 0.4) is 0 Å². The van der Waals surface area contributed by atoms with Gasteiger partial charge in [0.15, 0.2) is 0 Å². The minimum Gasteiger partial charge on any atom is -0.468 e. The third-order valence-corrected chi connectivity index (χ3v) is 5.17. The molecule has 1 N–H and O–H groups in total. The lowest BCUT2D eigenvalue weighted by Gasteiger charge is -2.39. The molecule has 1 aliphatic heterocycles. The fraction of sp³-hybridized carbons (Fsp3) is 0.450. The number of piperazine rings is 1. The summed E-state index contributed by atoms with van der Waals surface area (Å²) in [6, 6.07) is 14.6. The van der Waals surface area contributed by atoms with Gasteiger partial charge in [-0.2, -0.15) is 0 Å². The Morgan fingerprint density at radius 2 is 1.84 bits per heavy atom. The second-order valence-electron chi connectivity index (χ2n) is 6.91. The molecule has 4 rings (SSSR count). The molecular weight excluding hydrogens is 314 g/mol. The van der Waals surface area contributed by atoms with Crippen LogP contribution in [-0.4, -0.2) is 43.5 Å². The number of carbonyl (C=O) groups is 1. The van der Waals surface area contributed by atoms with E-state index in [1.165, 1.54) is 5.69 Å². The summed E-state index contributed by atoms with van der Waals surface area (Å²) in [5.41, 5.74) is 1.28. The van der Waals surface area contributed by atoms with Crippen LogP contribution in [0.5, 0.6) is 0 Å². The monoisotopic (exact) mass is 339 g/mol. The SMILES string of the molecule is O=C(NCC(c1ccco1)N1CCN(c2ccccc2)CC1)C1CC1. The van der Waals surface area contributed by atoms with Crippen LogP contribution in [0.25, 0.3) is 0 Å². The van der Waals surface area contributed by atoms with E-state index in [0.717, 1.165) is 44.8 Å². The number of carbonyl (C=O) groups excluding carboxylic acids is 1. The van der Waals surface area contributed by atoms with E-state index >= 15 is 0 Å². The highest BCUT2D eigenvalue weighted by molar-refractivity contribution is 5.80. The van der Waals surface area contributed by atoms with E-state index in [-0.39, 0.29) is 17.9 Å². The van der Waals surface area contributed by atoms with Crippen molar-refractivity contribution >= 4 is 11.6 Å². The van der Waals surface area contributed by atoms with Crippen LogP contribution in [0.4, 0.5) is 5.69 Å². The van der Waals surface area contributed by atoms with Gasteiger partial charge in [0.25, 0.3) is 0 Å². The molecule has 0 radical (unpaired) electrons. The molecule has 2 aliphatic rings. The van der Waals surface area contributed by atoms with Crippen LogP contribution in [0.15, 0.2) is 53.1 Å². The first-order valence-corrected chi connectivity index (χ1v) is 9.16. The number of hydrogen-bond donors (Lipinski definition) is 1. The second-order valence-corrected chi connectivity index (χ2v) is 6.91. The molecule has 0 spiro atoms. The molecule has 25 heavy (non-hydrogen) atoms. The lowest BCUT2D eigenvalue weighted by Crippen LogP contribution is -2.50. The van der Waals surface area contributed by atoms with Crippen molar-refractivity contribution in [2.45, 2.75) is 18.9 Å². The molecule has 2 aromatic rings. The molecule has 1 amide bonds. The van der Waals surface area contributed by atoms with Crippen LogP contribution in [0.2, 0.25) is 0 Å². The van der Waals surface area contributed by atoms with Gasteiger partial charge in [-0.25, -0.2) is 0 Å². The lowest BCUT2D eigenvalue weighted by molar-refractivity contribution is -0.122. The Balaban J connectivity index is 1.39. The molecule has 1 aromatic heterocycles. The molecular formula is C20H25N3O2. The topological polar surface area (TPSA) is 48.7 Å². The predicted octanol–water partition coefficient (Wildman–Crippen LogP) is 2.67. The molecule has 0 bridgehead atoms. The molecule has 2 heterocycles. The van der Waals surface area contributed by atoms with E-state index < -0.39 is 0 Å². The predicted molar refractivity (Wildman–Crippen MR) is 97.4 cm³/mol. The number of benzene rings is 1. The fourth-order valence-corrected chi connectivity index (χ4v) is 3.51. The molecule has 1 unspecified atom stereocenters. The van der Waals surface area contributed by atoms with Crippen molar-refractivity contribution in [3.05, 3.63) is 54.5 Å². The van der Waals surface area contributed by atoms with Gasteiger partial charge < -0.3 is 14.6 Å². The highest BCUT2D eigenvalue weighted by Crippen LogP contribution is 2.29. The minimum absolute atomic E-state index is 0.107. The fourth-order valence-electron chi connectivity index (χ4n) is 3.51. The zero-order valence-electron chi connectivity index (χ0n) is 14.4. The largest absolute Gasteiger partial charge is 0.468 e. The Bertz CT molecular complexity index is 674. The van der Waals surface area contributed by atoms with Gasteiger partial charge in [0.2, 0.25) is 5.91 Å².